The van der Waals surface area contributed by atoms with Crippen molar-refractivity contribution in [2.75, 3.05) is 20.3 Å². The average Bonchev–Trinajstić information content (AvgIpc) is 3.36. The van der Waals surface area contributed by atoms with Gasteiger partial charge in [-0.05, 0) is 53.4 Å². The molecule has 2 aromatic rings. The van der Waals surface area contributed by atoms with Gasteiger partial charge in [-0.3, -0.25) is 9.59 Å². The van der Waals surface area contributed by atoms with Gasteiger partial charge in [-0.1, -0.05) is 48.5 Å². The molecule has 5 rings (SSSR count). The zero-order valence-electron chi connectivity index (χ0n) is 19.6. The van der Waals surface area contributed by atoms with Gasteiger partial charge in [-0.15, -0.1) is 0 Å². The number of alkyl carbamates (subject to hydrolysis) is 1. The molecule has 0 aromatic heterocycles. The van der Waals surface area contributed by atoms with E-state index in [-0.39, 0.29) is 42.9 Å². The molecule has 0 spiro atoms. The second-order valence-electron chi connectivity index (χ2n) is 9.76. The van der Waals surface area contributed by atoms with E-state index in [9.17, 15) is 19.5 Å². The Bertz CT molecular complexity index is 1090. The van der Waals surface area contributed by atoms with E-state index in [1.165, 1.54) is 7.11 Å². The largest absolute Gasteiger partial charge is 0.481 e. The molecule has 35 heavy (non-hydrogen) atoms. The molecule has 3 aliphatic carbocycles. The molecule has 3 aliphatic rings. The lowest BCUT2D eigenvalue weighted by Gasteiger charge is -2.41. The van der Waals surface area contributed by atoms with E-state index in [4.69, 9.17) is 9.47 Å². The summed E-state index contributed by atoms with van der Waals surface area (Å²) in [5, 5.41) is 14.9. The number of rotatable bonds is 8. The maximum atomic E-state index is 12.9. The van der Waals surface area contributed by atoms with Crippen LogP contribution in [0.1, 0.15) is 36.3 Å². The van der Waals surface area contributed by atoms with Crippen molar-refractivity contribution >= 4 is 18.0 Å². The summed E-state index contributed by atoms with van der Waals surface area (Å²) in [5.74, 6) is -0.990. The smallest absolute Gasteiger partial charge is 0.407 e. The molecule has 8 nitrogen and oxygen atoms in total. The van der Waals surface area contributed by atoms with Crippen LogP contribution in [0.25, 0.3) is 11.1 Å². The molecule has 0 aliphatic heterocycles. The van der Waals surface area contributed by atoms with Crippen molar-refractivity contribution in [1.29, 1.82) is 0 Å². The van der Waals surface area contributed by atoms with Crippen LogP contribution in [0.15, 0.2) is 48.5 Å². The Hall–Kier alpha value is -3.39. The van der Waals surface area contributed by atoms with Crippen LogP contribution in [-0.2, 0) is 19.1 Å². The Labute approximate surface area is 204 Å². The molecule has 2 amide bonds. The van der Waals surface area contributed by atoms with E-state index in [0.717, 1.165) is 28.7 Å². The van der Waals surface area contributed by atoms with Crippen molar-refractivity contribution in [3.8, 4) is 11.1 Å². The highest BCUT2D eigenvalue weighted by Gasteiger charge is 2.50. The van der Waals surface area contributed by atoms with Gasteiger partial charge in [0, 0.05) is 19.1 Å². The predicted octanol–water partition coefficient (Wildman–Crippen LogP) is 3.16. The molecule has 184 valence electrons. The highest BCUT2D eigenvalue weighted by Crippen LogP contribution is 2.49. The van der Waals surface area contributed by atoms with Crippen LogP contribution in [0, 0.1) is 17.8 Å². The summed E-state index contributed by atoms with van der Waals surface area (Å²) < 4.78 is 10.7. The van der Waals surface area contributed by atoms with E-state index >= 15 is 0 Å². The van der Waals surface area contributed by atoms with Crippen LogP contribution < -0.4 is 10.6 Å². The molecule has 0 saturated heterocycles. The van der Waals surface area contributed by atoms with Gasteiger partial charge < -0.3 is 25.2 Å². The zero-order valence-corrected chi connectivity index (χ0v) is 19.6. The number of carboxylic acid groups (broad SMARTS) is 1. The first-order valence-electron chi connectivity index (χ1n) is 12.1. The molecule has 8 heteroatoms. The summed E-state index contributed by atoms with van der Waals surface area (Å²) in [6, 6.07) is 15.2. The average molecular weight is 479 g/mol. The summed E-state index contributed by atoms with van der Waals surface area (Å²) in [5.41, 5.74) is 4.51. The number of hydrogen-bond acceptors (Lipinski definition) is 5. The van der Waals surface area contributed by atoms with Gasteiger partial charge in [0.25, 0.3) is 0 Å². The van der Waals surface area contributed by atoms with E-state index < -0.39 is 18.1 Å². The zero-order chi connectivity index (χ0) is 24.5. The second-order valence-corrected chi connectivity index (χ2v) is 9.76. The summed E-state index contributed by atoms with van der Waals surface area (Å²) in [7, 11) is 1.47. The van der Waals surface area contributed by atoms with Crippen molar-refractivity contribution in [3.63, 3.8) is 0 Å². The number of amides is 2. The summed E-state index contributed by atoms with van der Waals surface area (Å²) in [4.78, 5) is 36.8. The van der Waals surface area contributed by atoms with Crippen molar-refractivity contribution < 1.29 is 29.0 Å². The molecule has 0 heterocycles. The highest BCUT2D eigenvalue weighted by molar-refractivity contribution is 5.86. The van der Waals surface area contributed by atoms with Crippen LogP contribution in [0.4, 0.5) is 4.79 Å². The van der Waals surface area contributed by atoms with E-state index in [2.05, 4.69) is 22.8 Å². The van der Waals surface area contributed by atoms with Crippen molar-refractivity contribution in [1.82, 2.24) is 10.6 Å². The topological polar surface area (TPSA) is 114 Å². The first-order chi connectivity index (χ1) is 17.0. The predicted molar refractivity (Wildman–Crippen MR) is 128 cm³/mol. The number of nitrogens with one attached hydrogen (secondary N) is 2. The fraction of sp³-hybridized carbons (Fsp3) is 0.444. The minimum atomic E-state index is -0.897. The minimum absolute atomic E-state index is 0.00853. The van der Waals surface area contributed by atoms with Gasteiger partial charge in [-0.2, -0.15) is 0 Å². The van der Waals surface area contributed by atoms with Gasteiger partial charge in [0.1, 0.15) is 12.6 Å². The van der Waals surface area contributed by atoms with Crippen LogP contribution in [0.5, 0.6) is 0 Å². The van der Waals surface area contributed by atoms with Gasteiger partial charge in [0.2, 0.25) is 5.91 Å². The summed E-state index contributed by atoms with van der Waals surface area (Å²) in [6.07, 6.45) is 1.35. The molecule has 5 atom stereocenters. The lowest BCUT2D eigenvalue weighted by Crippen LogP contribution is -2.57. The van der Waals surface area contributed by atoms with Gasteiger partial charge in [0.15, 0.2) is 0 Å². The number of methoxy groups -OCH3 is 1. The number of aliphatic carboxylic acids is 1. The number of fused-ring (bicyclic) bond motifs is 4. The summed E-state index contributed by atoms with van der Waals surface area (Å²) >= 11 is 0. The highest BCUT2D eigenvalue weighted by atomic mass is 16.5. The molecule has 3 N–H and O–H groups in total. The molecule has 2 saturated carbocycles. The van der Waals surface area contributed by atoms with E-state index in [1.54, 1.807) is 0 Å². The fourth-order valence-electron chi connectivity index (χ4n) is 6.01. The molecule has 0 bridgehead atoms. The molecular weight excluding hydrogens is 448 g/mol. The summed E-state index contributed by atoms with van der Waals surface area (Å²) in [6.45, 7) is 0.165. The molecule has 2 unspecified atom stereocenters. The van der Waals surface area contributed by atoms with Crippen molar-refractivity contribution in [3.05, 3.63) is 59.7 Å². The van der Waals surface area contributed by atoms with Gasteiger partial charge in [-0.25, -0.2) is 4.79 Å². The number of carbonyl (C=O) groups is 3. The van der Waals surface area contributed by atoms with Crippen LogP contribution in [-0.4, -0.2) is 55.5 Å². The maximum Gasteiger partial charge on any atom is 0.407 e. The first-order valence-corrected chi connectivity index (χ1v) is 12.1. The second kappa shape index (κ2) is 9.70. The third kappa shape index (κ3) is 4.50. The number of carbonyl (C=O) groups excluding carboxylic acids is 2. The Morgan fingerprint density at radius 1 is 1.00 bits per heavy atom. The molecule has 2 fully saturated rings. The lowest BCUT2D eigenvalue weighted by molar-refractivity contribution is -0.141. The number of carboxylic acids is 1. The number of hydrogen-bond donors (Lipinski definition) is 3. The Morgan fingerprint density at radius 2 is 1.66 bits per heavy atom. The SMILES string of the molecule is COCC(NC(=O)OCC1c2ccccc2-c2ccccc21)C(=O)N[C@H]1C[C@H]2CC(C(=O)O)C[C@H]21. The number of ether oxygens (including phenoxy) is 2. The third-order valence-corrected chi connectivity index (χ3v) is 7.79. The van der Waals surface area contributed by atoms with Crippen molar-refractivity contribution in [2.24, 2.45) is 17.8 Å². The van der Waals surface area contributed by atoms with Gasteiger partial charge >= 0.3 is 12.1 Å². The standard InChI is InChI=1S/C27H30N2O6/c1-34-14-24(25(30)28-23-12-15-10-16(26(31)32)11-21(15)23)29-27(33)35-13-22-19-8-4-2-6-17(19)18-7-3-5-9-20(18)22/h2-9,15-16,21-24H,10-14H2,1H3,(H,28,30)(H,29,33)(H,31,32)/t15-,16?,21-,23+,24?/m1/s1. The fourth-order valence-corrected chi connectivity index (χ4v) is 6.01. The number of benzene rings is 2. The van der Waals surface area contributed by atoms with E-state index in [1.807, 2.05) is 36.4 Å². The lowest BCUT2D eigenvalue weighted by atomic mass is 9.71. The molecule has 2 aromatic carbocycles. The monoisotopic (exact) mass is 478 g/mol. The quantitative estimate of drug-likeness (QED) is 0.537. The van der Waals surface area contributed by atoms with Gasteiger partial charge in [0.05, 0.1) is 12.5 Å². The molecule has 0 radical (unpaired) electrons. The van der Waals surface area contributed by atoms with Crippen LogP contribution in [0.2, 0.25) is 0 Å². The van der Waals surface area contributed by atoms with Crippen molar-refractivity contribution in [2.45, 2.75) is 37.3 Å². The Morgan fingerprint density at radius 3 is 2.29 bits per heavy atom. The Kier molecular flexibility index (Phi) is 6.47. The molecular formula is C27H30N2O6. The normalized spacial score (nSPS) is 24.9. The third-order valence-electron chi connectivity index (χ3n) is 7.79. The van der Waals surface area contributed by atoms with E-state index in [0.29, 0.717) is 18.8 Å². The maximum absolute atomic E-state index is 12.9. The Balaban J connectivity index is 1.17. The first kappa shape index (κ1) is 23.4. The minimum Gasteiger partial charge on any atom is -0.481 e. The van der Waals surface area contributed by atoms with Crippen LogP contribution >= 0.6 is 0 Å². The van der Waals surface area contributed by atoms with Crippen LogP contribution in [0.3, 0.4) is 0 Å².